The van der Waals surface area contributed by atoms with Gasteiger partial charge in [-0.3, -0.25) is 9.69 Å². The van der Waals surface area contributed by atoms with E-state index >= 15 is 0 Å². The molecule has 0 saturated heterocycles. The molecule has 0 fully saturated rings. The number of carbonyl (C=O) groups excluding carboxylic acids is 1. The molecule has 1 aromatic carbocycles. The van der Waals surface area contributed by atoms with Crippen molar-refractivity contribution in [2.45, 2.75) is 25.2 Å². The van der Waals surface area contributed by atoms with Crippen molar-refractivity contribution in [2.75, 3.05) is 18.9 Å². The minimum atomic E-state index is -4.77. The van der Waals surface area contributed by atoms with Crippen molar-refractivity contribution >= 4 is 23.2 Å². The third kappa shape index (κ3) is 5.11. The van der Waals surface area contributed by atoms with E-state index < -0.39 is 36.6 Å². The molecule has 22 heavy (non-hydrogen) atoms. The first-order chi connectivity index (χ1) is 10.0. The summed E-state index contributed by atoms with van der Waals surface area (Å²) in [5.74, 6) is -1.44. The van der Waals surface area contributed by atoms with Crippen molar-refractivity contribution in [2.24, 2.45) is 0 Å². The number of hydrogen-bond donors (Lipinski definition) is 2. The summed E-state index contributed by atoms with van der Waals surface area (Å²) in [6.45, 7) is 0.553. The Balaban J connectivity index is 2.70. The number of aliphatic hydroxyl groups excluding tert-OH is 1. The Kier molecular flexibility index (Phi) is 6.16. The van der Waals surface area contributed by atoms with Crippen LogP contribution in [0.15, 0.2) is 18.2 Å². The predicted molar refractivity (Wildman–Crippen MR) is 74.2 cm³/mol. The molecule has 1 rings (SSSR count). The normalized spacial score (nSPS) is 14.8. The fourth-order valence-corrected chi connectivity index (χ4v) is 1.74. The van der Waals surface area contributed by atoms with E-state index in [1.165, 1.54) is 26.1 Å². The lowest BCUT2D eigenvalue weighted by Gasteiger charge is -2.27. The fourth-order valence-electron chi connectivity index (χ4n) is 1.57. The highest BCUT2D eigenvalue weighted by Gasteiger charge is 2.39. The summed E-state index contributed by atoms with van der Waals surface area (Å²) < 4.78 is 50.3. The smallest absolute Gasteiger partial charge is 0.382 e. The number of benzene rings is 1. The van der Waals surface area contributed by atoms with Crippen LogP contribution >= 0.6 is 11.6 Å². The van der Waals surface area contributed by atoms with Gasteiger partial charge in [0, 0.05) is 11.6 Å². The number of nitrogens with one attached hydrogen (secondary N) is 1. The highest BCUT2D eigenvalue weighted by molar-refractivity contribution is 6.30. The number of halogens is 5. The Morgan fingerprint density at radius 2 is 2.05 bits per heavy atom. The molecule has 0 aliphatic heterocycles. The van der Waals surface area contributed by atoms with E-state index in [2.05, 4.69) is 5.32 Å². The first-order valence-corrected chi connectivity index (χ1v) is 6.61. The predicted octanol–water partition coefficient (Wildman–Crippen LogP) is 2.66. The number of hydrogen-bond acceptors (Lipinski definition) is 3. The van der Waals surface area contributed by atoms with Gasteiger partial charge in [0.2, 0.25) is 5.91 Å². The van der Waals surface area contributed by atoms with Gasteiger partial charge < -0.3 is 10.4 Å². The van der Waals surface area contributed by atoms with E-state index in [1.807, 2.05) is 0 Å². The van der Waals surface area contributed by atoms with Gasteiger partial charge in [-0.15, -0.1) is 0 Å². The third-order valence-electron chi connectivity index (χ3n) is 3.07. The van der Waals surface area contributed by atoms with Gasteiger partial charge >= 0.3 is 6.18 Å². The highest BCUT2D eigenvalue weighted by Crippen LogP contribution is 2.22. The van der Waals surface area contributed by atoms with Crippen molar-refractivity contribution in [3.8, 4) is 0 Å². The van der Waals surface area contributed by atoms with Crippen LogP contribution in [0.2, 0.25) is 5.02 Å². The van der Waals surface area contributed by atoms with Crippen molar-refractivity contribution < 1.29 is 27.5 Å². The van der Waals surface area contributed by atoms with Crippen molar-refractivity contribution in [1.82, 2.24) is 4.90 Å². The second-order valence-corrected chi connectivity index (χ2v) is 5.22. The molecule has 0 bridgehead atoms. The molecular weight excluding hydrogens is 328 g/mol. The van der Waals surface area contributed by atoms with Crippen LogP contribution in [0.25, 0.3) is 0 Å². The summed E-state index contributed by atoms with van der Waals surface area (Å²) in [5, 5.41) is 11.4. The van der Waals surface area contributed by atoms with Gasteiger partial charge in [-0.25, -0.2) is 4.39 Å². The Morgan fingerprint density at radius 1 is 1.45 bits per heavy atom. The van der Waals surface area contributed by atoms with Gasteiger partial charge in [0.15, 0.2) is 6.10 Å². The van der Waals surface area contributed by atoms with Crippen LogP contribution in [-0.2, 0) is 4.79 Å². The number of amides is 1. The Bertz CT molecular complexity index is 539. The molecule has 0 heterocycles. The Morgan fingerprint density at radius 3 is 2.59 bits per heavy atom. The summed E-state index contributed by atoms with van der Waals surface area (Å²) in [6, 6.07) is 2.52. The van der Waals surface area contributed by atoms with Crippen molar-refractivity contribution in [3.05, 3.63) is 29.0 Å². The quantitative estimate of drug-likeness (QED) is 0.809. The zero-order valence-electron chi connectivity index (χ0n) is 11.8. The summed E-state index contributed by atoms with van der Waals surface area (Å²) in [6.07, 6.45) is -7.35. The van der Waals surface area contributed by atoms with E-state index in [0.717, 1.165) is 11.0 Å². The molecular formula is C13H15ClF4N2O2. The van der Waals surface area contributed by atoms with Crippen LogP contribution in [0.3, 0.4) is 0 Å². The molecule has 1 amide bonds. The number of likely N-dealkylation sites (N-methyl/N-ethyl adjacent to an activating group) is 1. The topological polar surface area (TPSA) is 52.6 Å². The van der Waals surface area contributed by atoms with Crippen molar-refractivity contribution in [3.63, 3.8) is 0 Å². The van der Waals surface area contributed by atoms with Gasteiger partial charge in [-0.2, -0.15) is 13.2 Å². The third-order valence-corrected chi connectivity index (χ3v) is 3.30. The molecule has 0 saturated carbocycles. The minimum Gasteiger partial charge on any atom is -0.382 e. The molecule has 0 aliphatic carbocycles. The molecule has 2 N–H and O–H groups in total. The lowest BCUT2D eigenvalue weighted by Crippen LogP contribution is -2.46. The maximum absolute atomic E-state index is 13.5. The number of aliphatic hydroxyl groups is 1. The molecule has 0 spiro atoms. The first-order valence-electron chi connectivity index (χ1n) is 6.23. The Labute approximate surface area is 129 Å². The minimum absolute atomic E-state index is 0.172. The van der Waals surface area contributed by atoms with Gasteiger partial charge in [0.1, 0.15) is 5.82 Å². The van der Waals surface area contributed by atoms with E-state index in [1.54, 1.807) is 0 Å². The molecule has 2 unspecified atom stereocenters. The van der Waals surface area contributed by atoms with Crippen LogP contribution in [0, 0.1) is 5.82 Å². The zero-order chi connectivity index (χ0) is 17.1. The number of nitrogens with zero attached hydrogens (tertiary/aromatic N) is 1. The standard InChI is InChI=1S/C13H15ClF4N2O2/c1-7(20(2)6-11(21)13(16,17)18)12(22)19-10-5-8(14)3-4-9(10)15/h3-5,7,11,21H,6H2,1-2H3,(H,19,22). The summed E-state index contributed by atoms with van der Waals surface area (Å²) in [7, 11) is 1.24. The maximum atomic E-state index is 13.5. The maximum Gasteiger partial charge on any atom is 0.415 e. The monoisotopic (exact) mass is 342 g/mol. The van der Waals surface area contributed by atoms with E-state index in [9.17, 15) is 22.4 Å². The highest BCUT2D eigenvalue weighted by atomic mass is 35.5. The van der Waals surface area contributed by atoms with Crippen LogP contribution in [0.4, 0.5) is 23.2 Å². The largest absolute Gasteiger partial charge is 0.415 e. The second-order valence-electron chi connectivity index (χ2n) is 4.79. The SMILES string of the molecule is CC(C(=O)Nc1cc(Cl)ccc1F)N(C)CC(O)C(F)(F)F. The molecule has 0 aromatic heterocycles. The fraction of sp³-hybridized carbons (Fsp3) is 0.462. The summed E-state index contributed by atoms with van der Waals surface area (Å²) in [4.78, 5) is 12.9. The lowest BCUT2D eigenvalue weighted by atomic mass is 10.2. The van der Waals surface area contributed by atoms with E-state index in [-0.39, 0.29) is 10.7 Å². The summed E-state index contributed by atoms with van der Waals surface area (Å²) in [5.41, 5.74) is -0.172. The van der Waals surface area contributed by atoms with E-state index in [4.69, 9.17) is 16.7 Å². The lowest BCUT2D eigenvalue weighted by molar-refractivity contribution is -0.208. The van der Waals surface area contributed by atoms with Gasteiger partial charge in [0.25, 0.3) is 0 Å². The van der Waals surface area contributed by atoms with Gasteiger partial charge in [-0.05, 0) is 32.2 Å². The van der Waals surface area contributed by atoms with Crippen LogP contribution in [-0.4, -0.2) is 47.8 Å². The average Bonchev–Trinajstić information content (AvgIpc) is 2.40. The molecule has 2 atom stereocenters. The Hall–Kier alpha value is -1.38. The molecule has 0 aliphatic rings. The number of anilines is 1. The van der Waals surface area contributed by atoms with Crippen LogP contribution < -0.4 is 5.32 Å². The average molecular weight is 343 g/mol. The second kappa shape index (κ2) is 7.26. The van der Waals surface area contributed by atoms with Crippen LogP contribution in [0.1, 0.15) is 6.92 Å². The summed E-state index contributed by atoms with van der Waals surface area (Å²) >= 11 is 5.67. The molecule has 0 radical (unpaired) electrons. The van der Waals surface area contributed by atoms with Gasteiger partial charge in [0.05, 0.1) is 11.7 Å². The first kappa shape index (κ1) is 18.7. The number of rotatable bonds is 5. The van der Waals surface area contributed by atoms with Crippen molar-refractivity contribution in [1.29, 1.82) is 0 Å². The zero-order valence-corrected chi connectivity index (χ0v) is 12.5. The molecule has 4 nitrogen and oxygen atoms in total. The molecule has 9 heteroatoms. The molecule has 124 valence electrons. The molecule has 1 aromatic rings. The van der Waals surface area contributed by atoms with E-state index in [0.29, 0.717) is 0 Å². The van der Waals surface area contributed by atoms with Gasteiger partial charge in [-0.1, -0.05) is 11.6 Å². The van der Waals surface area contributed by atoms with Crippen LogP contribution in [0.5, 0.6) is 0 Å². The number of alkyl halides is 3. The number of carbonyl (C=O) groups is 1.